The highest BCUT2D eigenvalue weighted by Crippen LogP contribution is 2.40. The molecule has 0 unspecified atom stereocenters. The number of hydrogen-bond acceptors (Lipinski definition) is 4. The van der Waals surface area contributed by atoms with Gasteiger partial charge in [-0.2, -0.15) is 9.78 Å². The highest BCUT2D eigenvalue weighted by molar-refractivity contribution is 7.09. The molecule has 4 nitrogen and oxygen atoms in total. The molecule has 1 aliphatic rings. The van der Waals surface area contributed by atoms with E-state index in [1.165, 1.54) is 6.07 Å². The van der Waals surface area contributed by atoms with Crippen molar-refractivity contribution in [3.05, 3.63) is 37.6 Å². The molecule has 1 saturated carbocycles. The zero-order chi connectivity index (χ0) is 15.0. The summed E-state index contributed by atoms with van der Waals surface area (Å²) < 4.78 is 20.4. The average Bonchev–Trinajstić information content (AvgIpc) is 3.22. The van der Waals surface area contributed by atoms with Gasteiger partial charge in [0.05, 0.1) is 5.02 Å². The van der Waals surface area contributed by atoms with Crippen LogP contribution in [0.2, 0.25) is 5.02 Å². The Hall–Kier alpha value is -1.84. The molecule has 1 aromatic carbocycles. The van der Waals surface area contributed by atoms with Crippen molar-refractivity contribution in [3.63, 3.8) is 0 Å². The Morgan fingerprint density at radius 3 is 3.00 bits per heavy atom. The maximum Gasteiger partial charge on any atom is 0.329 e. The minimum absolute atomic E-state index is 0.00405. The van der Waals surface area contributed by atoms with Crippen LogP contribution in [0.1, 0.15) is 23.8 Å². The van der Waals surface area contributed by atoms with Crippen molar-refractivity contribution in [2.24, 2.45) is 0 Å². The standard InChI is InChI=1S/C14H10ClFN2O2S/c1-2-5-20-12-7-11(10(16)6-9(12)15)18-14(19)21-13(17-18)8-3-4-8/h1,6-8H,3-5H2. The molecule has 21 heavy (non-hydrogen) atoms. The molecule has 0 radical (unpaired) electrons. The monoisotopic (exact) mass is 324 g/mol. The molecule has 2 aromatic rings. The van der Waals surface area contributed by atoms with E-state index in [0.29, 0.717) is 5.92 Å². The molecule has 0 bridgehead atoms. The van der Waals surface area contributed by atoms with E-state index in [9.17, 15) is 9.18 Å². The second kappa shape index (κ2) is 5.51. The Balaban J connectivity index is 2.05. The number of rotatable bonds is 4. The lowest BCUT2D eigenvalue weighted by Gasteiger charge is -2.08. The highest BCUT2D eigenvalue weighted by Gasteiger charge is 2.28. The van der Waals surface area contributed by atoms with Crippen molar-refractivity contribution < 1.29 is 9.13 Å². The van der Waals surface area contributed by atoms with Gasteiger partial charge in [0, 0.05) is 12.0 Å². The third-order valence-electron chi connectivity index (χ3n) is 3.03. The van der Waals surface area contributed by atoms with Gasteiger partial charge in [0.25, 0.3) is 0 Å². The minimum atomic E-state index is -0.636. The van der Waals surface area contributed by atoms with Gasteiger partial charge in [-0.05, 0) is 18.9 Å². The third kappa shape index (κ3) is 2.80. The maximum atomic E-state index is 14.1. The summed E-state index contributed by atoms with van der Waals surface area (Å²) in [5.41, 5.74) is 0.0135. The summed E-state index contributed by atoms with van der Waals surface area (Å²) in [5.74, 6) is 2.21. The fourth-order valence-corrected chi connectivity index (χ4v) is 2.98. The van der Waals surface area contributed by atoms with E-state index in [1.54, 1.807) is 0 Å². The maximum absolute atomic E-state index is 14.1. The van der Waals surface area contributed by atoms with Crippen LogP contribution in [0.5, 0.6) is 5.75 Å². The molecule has 1 heterocycles. The Morgan fingerprint density at radius 1 is 1.57 bits per heavy atom. The summed E-state index contributed by atoms with van der Waals surface area (Å²) in [6.07, 6.45) is 7.16. The van der Waals surface area contributed by atoms with Crippen molar-refractivity contribution >= 4 is 22.9 Å². The van der Waals surface area contributed by atoms with E-state index in [0.717, 1.165) is 39.9 Å². The molecular weight excluding hydrogens is 315 g/mol. The van der Waals surface area contributed by atoms with E-state index >= 15 is 0 Å². The van der Waals surface area contributed by atoms with Crippen LogP contribution < -0.4 is 9.61 Å². The summed E-state index contributed by atoms with van der Waals surface area (Å²) in [7, 11) is 0. The fraction of sp³-hybridized carbons (Fsp3) is 0.286. The number of nitrogens with zero attached hydrogens (tertiary/aromatic N) is 2. The lowest BCUT2D eigenvalue weighted by Crippen LogP contribution is -2.14. The topological polar surface area (TPSA) is 44.1 Å². The first-order chi connectivity index (χ1) is 10.1. The zero-order valence-electron chi connectivity index (χ0n) is 10.8. The van der Waals surface area contributed by atoms with Crippen LogP contribution in [-0.4, -0.2) is 16.4 Å². The molecule has 1 aromatic heterocycles. The van der Waals surface area contributed by atoms with Gasteiger partial charge in [0.2, 0.25) is 0 Å². The second-order valence-electron chi connectivity index (χ2n) is 4.62. The molecule has 0 spiro atoms. The average molecular weight is 325 g/mol. The van der Waals surface area contributed by atoms with Gasteiger partial charge in [-0.25, -0.2) is 4.39 Å². The molecule has 0 amide bonds. The predicted molar refractivity (Wildman–Crippen MR) is 79.0 cm³/mol. The van der Waals surface area contributed by atoms with Gasteiger partial charge < -0.3 is 4.74 Å². The molecule has 0 aliphatic heterocycles. The molecule has 1 fully saturated rings. The number of hydrogen-bond donors (Lipinski definition) is 0. The summed E-state index contributed by atoms with van der Waals surface area (Å²) in [5, 5.41) is 5.03. The molecule has 108 valence electrons. The third-order valence-corrected chi connectivity index (χ3v) is 4.30. The Labute approximate surface area is 129 Å². The Bertz CT molecular complexity index is 789. The van der Waals surface area contributed by atoms with Gasteiger partial charge in [-0.15, -0.1) is 6.42 Å². The Kier molecular flexibility index (Phi) is 3.70. The number of terminal acetylenes is 1. The van der Waals surface area contributed by atoms with Crippen LogP contribution in [0.15, 0.2) is 16.9 Å². The first kappa shape index (κ1) is 14.1. The smallest absolute Gasteiger partial charge is 0.329 e. The van der Waals surface area contributed by atoms with E-state index in [2.05, 4.69) is 11.0 Å². The van der Waals surface area contributed by atoms with E-state index in [-0.39, 0.29) is 27.9 Å². The zero-order valence-corrected chi connectivity index (χ0v) is 12.4. The molecular formula is C14H10ClFN2O2S. The molecule has 0 atom stereocenters. The van der Waals surface area contributed by atoms with Crippen molar-refractivity contribution in [2.75, 3.05) is 6.61 Å². The summed E-state index contributed by atoms with van der Waals surface area (Å²) in [6, 6.07) is 2.43. The Morgan fingerprint density at radius 2 is 2.33 bits per heavy atom. The van der Waals surface area contributed by atoms with Crippen LogP contribution in [0, 0.1) is 18.2 Å². The number of ether oxygens (including phenoxy) is 1. The minimum Gasteiger partial charge on any atom is -0.479 e. The van der Waals surface area contributed by atoms with Crippen molar-refractivity contribution in [2.45, 2.75) is 18.8 Å². The van der Waals surface area contributed by atoms with Gasteiger partial charge in [0.1, 0.15) is 23.1 Å². The van der Waals surface area contributed by atoms with Gasteiger partial charge in [0.15, 0.2) is 5.82 Å². The lowest BCUT2D eigenvalue weighted by molar-refractivity contribution is 0.369. The normalized spacial score (nSPS) is 14.0. The van der Waals surface area contributed by atoms with Crippen LogP contribution in [0.4, 0.5) is 4.39 Å². The van der Waals surface area contributed by atoms with Gasteiger partial charge in [-0.1, -0.05) is 28.9 Å². The van der Waals surface area contributed by atoms with Crippen molar-refractivity contribution in [1.29, 1.82) is 0 Å². The highest BCUT2D eigenvalue weighted by atomic mass is 35.5. The SMILES string of the molecule is C#CCOc1cc(-n2nc(C3CC3)sc2=O)c(F)cc1Cl. The molecule has 3 rings (SSSR count). The van der Waals surface area contributed by atoms with Crippen LogP contribution in [0.25, 0.3) is 5.69 Å². The molecule has 1 aliphatic carbocycles. The number of aromatic nitrogens is 2. The van der Waals surface area contributed by atoms with Gasteiger partial charge in [-0.3, -0.25) is 4.79 Å². The van der Waals surface area contributed by atoms with Crippen molar-refractivity contribution in [3.8, 4) is 23.8 Å². The second-order valence-corrected chi connectivity index (χ2v) is 6.00. The fourth-order valence-electron chi connectivity index (χ4n) is 1.85. The van der Waals surface area contributed by atoms with Crippen LogP contribution >= 0.6 is 22.9 Å². The van der Waals surface area contributed by atoms with E-state index in [4.69, 9.17) is 22.8 Å². The van der Waals surface area contributed by atoms with Crippen LogP contribution in [-0.2, 0) is 0 Å². The first-order valence-corrected chi connectivity index (χ1v) is 7.45. The van der Waals surface area contributed by atoms with E-state index < -0.39 is 5.82 Å². The summed E-state index contributed by atoms with van der Waals surface area (Å²) in [6.45, 7) is 0.00405. The summed E-state index contributed by atoms with van der Waals surface area (Å²) in [4.78, 5) is 11.6. The largest absolute Gasteiger partial charge is 0.479 e. The van der Waals surface area contributed by atoms with E-state index in [1.807, 2.05) is 0 Å². The first-order valence-electron chi connectivity index (χ1n) is 6.26. The number of halogens is 2. The molecule has 0 N–H and O–H groups in total. The van der Waals surface area contributed by atoms with Gasteiger partial charge >= 0.3 is 4.87 Å². The van der Waals surface area contributed by atoms with Crippen LogP contribution in [0.3, 0.4) is 0 Å². The quantitative estimate of drug-likeness (QED) is 0.812. The molecule has 7 heteroatoms. The summed E-state index contributed by atoms with van der Waals surface area (Å²) >= 11 is 6.93. The lowest BCUT2D eigenvalue weighted by atomic mass is 10.3. The predicted octanol–water partition coefficient (Wildman–Crippen LogP) is 2.98. The van der Waals surface area contributed by atoms with Crippen molar-refractivity contribution in [1.82, 2.24) is 9.78 Å². The number of benzene rings is 1. The molecule has 0 saturated heterocycles.